The van der Waals surface area contributed by atoms with Gasteiger partial charge in [0.15, 0.2) is 0 Å². The first-order chi connectivity index (χ1) is 9.04. The van der Waals surface area contributed by atoms with Crippen LogP contribution in [0.15, 0.2) is 24.3 Å². The first-order valence-corrected chi connectivity index (χ1v) is 6.38. The summed E-state index contributed by atoms with van der Waals surface area (Å²) in [5.41, 5.74) is 7.61. The minimum Gasteiger partial charge on any atom is -0.368 e. The number of carbonyl (C=O) groups excluding carboxylic acids is 2. The van der Waals surface area contributed by atoms with E-state index in [0.717, 1.165) is 11.1 Å². The molecule has 0 radical (unpaired) electrons. The van der Waals surface area contributed by atoms with Gasteiger partial charge in [0, 0.05) is 13.0 Å². The zero-order chi connectivity index (χ0) is 14.0. The number of likely N-dealkylation sites (N-methyl/N-ethyl adjacent to an activating group) is 1. The van der Waals surface area contributed by atoms with Gasteiger partial charge in [-0.15, -0.1) is 0 Å². The van der Waals surface area contributed by atoms with Crippen LogP contribution in [0, 0.1) is 0 Å². The Kier molecular flexibility index (Phi) is 3.85. The van der Waals surface area contributed by atoms with E-state index in [9.17, 15) is 9.59 Å². The van der Waals surface area contributed by atoms with Gasteiger partial charge in [-0.25, -0.2) is 0 Å². The van der Waals surface area contributed by atoms with Crippen molar-refractivity contribution in [1.29, 1.82) is 0 Å². The lowest BCUT2D eigenvalue weighted by Crippen LogP contribution is -2.55. The molecule has 5 nitrogen and oxygen atoms in total. The van der Waals surface area contributed by atoms with Crippen LogP contribution in [-0.4, -0.2) is 35.8 Å². The summed E-state index contributed by atoms with van der Waals surface area (Å²) in [6.07, 6.45) is 0.494. The van der Waals surface area contributed by atoms with Crippen molar-refractivity contribution in [3.05, 3.63) is 35.4 Å². The molecule has 0 aliphatic carbocycles. The molecule has 2 atom stereocenters. The molecular weight excluding hydrogens is 242 g/mol. The van der Waals surface area contributed by atoms with Crippen LogP contribution in [0.1, 0.15) is 18.1 Å². The van der Waals surface area contributed by atoms with Crippen LogP contribution >= 0.6 is 0 Å². The molecular formula is C14H19N3O2. The van der Waals surface area contributed by atoms with E-state index in [1.54, 1.807) is 18.9 Å². The third kappa shape index (κ3) is 2.61. The van der Waals surface area contributed by atoms with Crippen molar-refractivity contribution in [2.45, 2.75) is 32.0 Å². The van der Waals surface area contributed by atoms with E-state index in [2.05, 4.69) is 5.32 Å². The van der Waals surface area contributed by atoms with E-state index in [4.69, 9.17) is 5.73 Å². The highest BCUT2D eigenvalue weighted by atomic mass is 16.2. The largest absolute Gasteiger partial charge is 0.368 e. The number of benzene rings is 1. The second-order valence-corrected chi connectivity index (χ2v) is 4.87. The summed E-state index contributed by atoms with van der Waals surface area (Å²) >= 11 is 0. The third-order valence-electron chi connectivity index (χ3n) is 3.66. The summed E-state index contributed by atoms with van der Waals surface area (Å²) in [7, 11) is 1.72. The van der Waals surface area contributed by atoms with Gasteiger partial charge in [-0.2, -0.15) is 0 Å². The van der Waals surface area contributed by atoms with Crippen molar-refractivity contribution >= 4 is 11.8 Å². The number of nitrogens with one attached hydrogen (secondary N) is 1. The van der Waals surface area contributed by atoms with E-state index in [0.29, 0.717) is 13.0 Å². The Bertz CT molecular complexity index is 501. The molecule has 1 unspecified atom stereocenters. The van der Waals surface area contributed by atoms with Crippen molar-refractivity contribution in [2.24, 2.45) is 5.73 Å². The minimum atomic E-state index is -0.557. The number of fused-ring (bicyclic) bond motifs is 1. The average molecular weight is 261 g/mol. The van der Waals surface area contributed by atoms with E-state index in [1.807, 2.05) is 24.3 Å². The maximum atomic E-state index is 12.3. The Balaban J connectivity index is 2.31. The van der Waals surface area contributed by atoms with Crippen LogP contribution in [0.2, 0.25) is 0 Å². The average Bonchev–Trinajstić information content (AvgIpc) is 2.44. The topological polar surface area (TPSA) is 75.4 Å². The van der Waals surface area contributed by atoms with Crippen LogP contribution in [0.3, 0.4) is 0 Å². The third-order valence-corrected chi connectivity index (χ3v) is 3.66. The molecule has 2 rings (SSSR count). The predicted octanol–water partition coefficient (Wildman–Crippen LogP) is 0.0331. The standard InChI is InChI=1S/C14H19N3O2/c1-9(16-2)14(19)17-8-11-6-4-3-5-10(11)7-12(17)13(15)18/h3-6,9,12,16H,7-8H2,1-2H3,(H2,15,18)/t9?,12-/m0/s1. The highest BCUT2D eigenvalue weighted by Crippen LogP contribution is 2.23. The lowest BCUT2D eigenvalue weighted by atomic mass is 9.93. The lowest BCUT2D eigenvalue weighted by molar-refractivity contribution is -0.141. The molecule has 0 fully saturated rings. The van der Waals surface area contributed by atoms with Crippen molar-refractivity contribution in [3.63, 3.8) is 0 Å². The number of hydrogen-bond acceptors (Lipinski definition) is 3. The molecule has 0 saturated carbocycles. The zero-order valence-corrected chi connectivity index (χ0v) is 11.2. The maximum absolute atomic E-state index is 12.3. The Labute approximate surface area is 112 Å². The van der Waals surface area contributed by atoms with Crippen molar-refractivity contribution in [2.75, 3.05) is 7.05 Å². The quantitative estimate of drug-likeness (QED) is 0.806. The van der Waals surface area contributed by atoms with Crippen LogP contribution < -0.4 is 11.1 Å². The monoisotopic (exact) mass is 261 g/mol. The summed E-state index contributed by atoms with van der Waals surface area (Å²) in [6, 6.07) is 6.95. The first-order valence-electron chi connectivity index (χ1n) is 6.38. The minimum absolute atomic E-state index is 0.0965. The van der Waals surface area contributed by atoms with Crippen molar-refractivity contribution in [3.8, 4) is 0 Å². The molecule has 1 heterocycles. The molecule has 0 aromatic heterocycles. The molecule has 1 aromatic rings. The van der Waals surface area contributed by atoms with E-state index in [-0.39, 0.29) is 11.9 Å². The van der Waals surface area contributed by atoms with Gasteiger partial charge >= 0.3 is 0 Å². The molecule has 5 heteroatoms. The van der Waals surface area contributed by atoms with Crippen LogP contribution in [0.4, 0.5) is 0 Å². The highest BCUT2D eigenvalue weighted by molar-refractivity contribution is 5.89. The van der Waals surface area contributed by atoms with Gasteiger partial charge in [-0.05, 0) is 25.1 Å². The predicted molar refractivity (Wildman–Crippen MR) is 72.2 cm³/mol. The Hall–Kier alpha value is -1.88. The normalized spacial score (nSPS) is 19.7. The maximum Gasteiger partial charge on any atom is 0.240 e. The lowest BCUT2D eigenvalue weighted by Gasteiger charge is -2.36. The molecule has 1 aromatic carbocycles. The number of hydrogen-bond donors (Lipinski definition) is 2. The van der Waals surface area contributed by atoms with Gasteiger partial charge in [-0.1, -0.05) is 24.3 Å². The number of amides is 2. The summed E-state index contributed by atoms with van der Waals surface area (Å²) < 4.78 is 0. The number of nitrogens with zero attached hydrogens (tertiary/aromatic N) is 1. The molecule has 0 bridgehead atoms. The fourth-order valence-corrected chi connectivity index (χ4v) is 2.38. The van der Waals surface area contributed by atoms with Gasteiger partial charge in [-0.3, -0.25) is 9.59 Å². The molecule has 1 aliphatic heterocycles. The first kappa shape index (κ1) is 13.5. The molecule has 2 amide bonds. The van der Waals surface area contributed by atoms with Crippen molar-refractivity contribution in [1.82, 2.24) is 10.2 Å². The van der Waals surface area contributed by atoms with Crippen LogP contribution in [-0.2, 0) is 22.6 Å². The van der Waals surface area contributed by atoms with Gasteiger partial charge in [0.2, 0.25) is 11.8 Å². The van der Waals surface area contributed by atoms with Gasteiger partial charge in [0.05, 0.1) is 6.04 Å². The second-order valence-electron chi connectivity index (χ2n) is 4.87. The smallest absolute Gasteiger partial charge is 0.240 e. The van der Waals surface area contributed by atoms with E-state index < -0.39 is 11.9 Å². The molecule has 102 valence electrons. The molecule has 19 heavy (non-hydrogen) atoms. The highest BCUT2D eigenvalue weighted by Gasteiger charge is 2.34. The van der Waals surface area contributed by atoms with Crippen molar-refractivity contribution < 1.29 is 9.59 Å². The fourth-order valence-electron chi connectivity index (χ4n) is 2.38. The van der Waals surface area contributed by atoms with E-state index in [1.165, 1.54) is 0 Å². The summed E-state index contributed by atoms with van der Waals surface area (Å²) in [5.74, 6) is -0.549. The number of primary amides is 1. The molecule has 3 N–H and O–H groups in total. The fraction of sp³-hybridized carbons (Fsp3) is 0.429. The Morgan fingerprint density at radius 1 is 1.37 bits per heavy atom. The number of nitrogens with two attached hydrogens (primary N) is 1. The Morgan fingerprint density at radius 3 is 2.58 bits per heavy atom. The number of rotatable bonds is 3. The molecule has 0 saturated heterocycles. The van der Waals surface area contributed by atoms with E-state index >= 15 is 0 Å². The number of carbonyl (C=O) groups is 2. The molecule has 1 aliphatic rings. The summed E-state index contributed by atoms with van der Waals surface area (Å²) in [6.45, 7) is 2.22. The molecule has 0 spiro atoms. The Morgan fingerprint density at radius 2 is 2.00 bits per heavy atom. The van der Waals surface area contributed by atoms with Gasteiger partial charge in [0.25, 0.3) is 0 Å². The second kappa shape index (κ2) is 5.40. The van der Waals surface area contributed by atoms with Gasteiger partial charge < -0.3 is 16.0 Å². The summed E-state index contributed by atoms with van der Waals surface area (Å²) in [5, 5.41) is 2.90. The summed E-state index contributed by atoms with van der Waals surface area (Å²) in [4.78, 5) is 25.5. The zero-order valence-electron chi connectivity index (χ0n) is 11.2. The van der Waals surface area contributed by atoms with Gasteiger partial charge in [0.1, 0.15) is 6.04 Å². The van der Waals surface area contributed by atoms with Crippen LogP contribution in [0.25, 0.3) is 0 Å². The SMILES string of the molecule is CNC(C)C(=O)N1Cc2ccccc2C[C@H]1C(N)=O. The van der Waals surface area contributed by atoms with Crippen LogP contribution in [0.5, 0.6) is 0 Å².